The van der Waals surface area contributed by atoms with Crippen LogP contribution in [-0.4, -0.2) is 5.67 Å². The number of allylic oxidation sites excluding steroid dienone is 2. The fourth-order valence-electron chi connectivity index (χ4n) is 4.26. The Bertz CT molecular complexity index is 301. The molecule has 17 heavy (non-hydrogen) atoms. The molecule has 3 aliphatic rings. The maximum Gasteiger partial charge on any atom is 0.111 e. The van der Waals surface area contributed by atoms with Crippen molar-refractivity contribution in [3.05, 3.63) is 12.2 Å². The molecule has 0 aliphatic heterocycles. The minimum Gasteiger partial charge on any atom is -0.244 e. The first-order valence-electron chi connectivity index (χ1n) is 7.52. The van der Waals surface area contributed by atoms with E-state index in [9.17, 15) is 4.39 Å². The molecule has 2 saturated carbocycles. The van der Waals surface area contributed by atoms with Gasteiger partial charge in [0, 0.05) is 0 Å². The predicted octanol–water partition coefficient (Wildman–Crippen LogP) is 4.90. The lowest BCUT2D eigenvalue weighted by atomic mass is 9.65. The first kappa shape index (κ1) is 11.7. The second-order valence-corrected chi connectivity index (χ2v) is 6.78. The van der Waals surface area contributed by atoms with Gasteiger partial charge in [-0.3, -0.25) is 0 Å². The Balaban J connectivity index is 1.67. The fraction of sp³-hybridized carbons (Fsp3) is 0.875. The molecule has 0 radical (unpaired) electrons. The Morgan fingerprint density at radius 1 is 1.18 bits per heavy atom. The van der Waals surface area contributed by atoms with Gasteiger partial charge < -0.3 is 0 Å². The molecule has 0 spiro atoms. The second-order valence-electron chi connectivity index (χ2n) is 6.78. The van der Waals surface area contributed by atoms with Crippen LogP contribution in [0.5, 0.6) is 0 Å². The van der Waals surface area contributed by atoms with Gasteiger partial charge in [-0.2, -0.15) is 0 Å². The third kappa shape index (κ3) is 2.44. The van der Waals surface area contributed by atoms with Crippen LogP contribution in [0.25, 0.3) is 0 Å². The molecule has 3 rings (SSSR count). The van der Waals surface area contributed by atoms with E-state index in [4.69, 9.17) is 0 Å². The summed E-state index contributed by atoms with van der Waals surface area (Å²) in [6.45, 7) is 1.87. The van der Waals surface area contributed by atoms with Crippen molar-refractivity contribution < 1.29 is 4.39 Å². The van der Waals surface area contributed by atoms with Crippen LogP contribution in [0.2, 0.25) is 0 Å². The van der Waals surface area contributed by atoms with Gasteiger partial charge in [-0.15, -0.1) is 0 Å². The highest BCUT2D eigenvalue weighted by Gasteiger charge is 2.45. The lowest BCUT2D eigenvalue weighted by molar-refractivity contribution is 0.0623. The number of hydrogen-bond acceptors (Lipinski definition) is 0. The Hall–Kier alpha value is -0.330. The maximum atomic E-state index is 14.6. The highest BCUT2D eigenvalue weighted by molar-refractivity contribution is 5.03. The molecule has 2 fully saturated rings. The summed E-state index contributed by atoms with van der Waals surface area (Å²) in [5.41, 5.74) is -0.867. The van der Waals surface area contributed by atoms with Gasteiger partial charge in [0.1, 0.15) is 5.67 Å². The quantitative estimate of drug-likeness (QED) is 0.612. The molecule has 4 unspecified atom stereocenters. The van der Waals surface area contributed by atoms with Gasteiger partial charge in [0.25, 0.3) is 0 Å². The van der Waals surface area contributed by atoms with Gasteiger partial charge in [0.15, 0.2) is 0 Å². The zero-order valence-electron chi connectivity index (χ0n) is 11.0. The molecular weight excluding hydrogens is 211 g/mol. The van der Waals surface area contributed by atoms with Crippen molar-refractivity contribution in [3.8, 4) is 0 Å². The molecule has 0 nitrogen and oxygen atoms in total. The van der Waals surface area contributed by atoms with Crippen LogP contribution in [0, 0.1) is 23.7 Å². The molecular formula is C16H25F. The SMILES string of the molecule is CC(F)(CC1CCCC2C=CCCC21)C1CC1. The average molecular weight is 236 g/mol. The van der Waals surface area contributed by atoms with Crippen LogP contribution in [0.1, 0.15) is 58.3 Å². The predicted molar refractivity (Wildman–Crippen MR) is 69.5 cm³/mol. The molecule has 4 atom stereocenters. The van der Waals surface area contributed by atoms with Crippen molar-refractivity contribution >= 4 is 0 Å². The normalized spacial score (nSPS) is 40.7. The van der Waals surface area contributed by atoms with Crippen LogP contribution in [0.15, 0.2) is 12.2 Å². The number of fused-ring (bicyclic) bond motifs is 1. The Morgan fingerprint density at radius 2 is 2.00 bits per heavy atom. The van der Waals surface area contributed by atoms with E-state index in [-0.39, 0.29) is 0 Å². The van der Waals surface area contributed by atoms with Crippen molar-refractivity contribution in [3.63, 3.8) is 0 Å². The molecule has 0 aromatic rings. The van der Waals surface area contributed by atoms with Gasteiger partial charge >= 0.3 is 0 Å². The number of halogens is 1. The molecule has 0 amide bonds. The van der Waals surface area contributed by atoms with Crippen LogP contribution in [-0.2, 0) is 0 Å². The van der Waals surface area contributed by atoms with Crippen molar-refractivity contribution in [1.82, 2.24) is 0 Å². The summed E-state index contributed by atoms with van der Waals surface area (Å²) in [4.78, 5) is 0. The van der Waals surface area contributed by atoms with Gasteiger partial charge in [0.05, 0.1) is 0 Å². The first-order valence-corrected chi connectivity index (χ1v) is 7.52. The van der Waals surface area contributed by atoms with E-state index < -0.39 is 5.67 Å². The van der Waals surface area contributed by atoms with Crippen LogP contribution < -0.4 is 0 Å². The zero-order chi connectivity index (χ0) is 11.9. The molecule has 0 saturated heterocycles. The van der Waals surface area contributed by atoms with Gasteiger partial charge in [-0.25, -0.2) is 4.39 Å². The molecule has 0 bridgehead atoms. The van der Waals surface area contributed by atoms with E-state index in [0.29, 0.717) is 11.8 Å². The molecule has 0 heterocycles. The number of hydrogen-bond donors (Lipinski definition) is 0. The standard InChI is InChI=1S/C16H25F/c1-16(17,14-9-10-14)11-13-7-4-6-12-5-2-3-8-15(12)13/h2,5,12-15H,3-4,6-11H2,1H3. The van der Waals surface area contributed by atoms with Crippen molar-refractivity contribution in [2.24, 2.45) is 23.7 Å². The summed E-state index contributed by atoms with van der Waals surface area (Å²) >= 11 is 0. The Morgan fingerprint density at radius 3 is 2.76 bits per heavy atom. The second kappa shape index (κ2) is 4.40. The Kier molecular flexibility index (Phi) is 3.04. The minimum absolute atomic E-state index is 0.391. The van der Waals surface area contributed by atoms with Gasteiger partial charge in [-0.1, -0.05) is 25.0 Å². The highest BCUT2D eigenvalue weighted by atomic mass is 19.1. The molecule has 0 aromatic heterocycles. The van der Waals surface area contributed by atoms with Gasteiger partial charge in [-0.05, 0) is 69.1 Å². The van der Waals surface area contributed by atoms with Crippen molar-refractivity contribution in [2.75, 3.05) is 0 Å². The first-order chi connectivity index (χ1) is 8.17. The van der Waals surface area contributed by atoms with Crippen molar-refractivity contribution in [1.29, 1.82) is 0 Å². The summed E-state index contributed by atoms with van der Waals surface area (Å²) in [7, 11) is 0. The Labute approximate surface area is 105 Å². The van der Waals surface area contributed by atoms with Crippen molar-refractivity contribution in [2.45, 2.75) is 64.0 Å². The van der Waals surface area contributed by atoms with E-state index in [2.05, 4.69) is 12.2 Å². The number of rotatable bonds is 3. The van der Waals surface area contributed by atoms with E-state index in [1.165, 1.54) is 32.1 Å². The number of alkyl halides is 1. The lowest BCUT2D eigenvalue weighted by Gasteiger charge is -2.41. The molecule has 96 valence electrons. The maximum absolute atomic E-state index is 14.6. The monoisotopic (exact) mass is 236 g/mol. The summed E-state index contributed by atoms with van der Waals surface area (Å²) in [6, 6.07) is 0. The summed E-state index contributed by atoms with van der Waals surface area (Å²) in [6.07, 6.45) is 14.4. The molecule has 0 aromatic carbocycles. The largest absolute Gasteiger partial charge is 0.244 e. The molecule has 0 N–H and O–H groups in total. The third-order valence-corrected chi connectivity index (χ3v) is 5.41. The summed E-state index contributed by atoms with van der Waals surface area (Å²) < 4.78 is 14.6. The third-order valence-electron chi connectivity index (χ3n) is 5.41. The van der Waals surface area contributed by atoms with Crippen LogP contribution >= 0.6 is 0 Å². The van der Waals surface area contributed by atoms with E-state index >= 15 is 0 Å². The average Bonchev–Trinajstić information content (AvgIpc) is 3.13. The van der Waals surface area contributed by atoms with E-state index in [1.807, 2.05) is 6.92 Å². The fourth-order valence-corrected chi connectivity index (χ4v) is 4.26. The van der Waals surface area contributed by atoms with Crippen LogP contribution in [0.4, 0.5) is 4.39 Å². The minimum atomic E-state index is -0.867. The van der Waals surface area contributed by atoms with E-state index in [1.54, 1.807) is 0 Å². The van der Waals surface area contributed by atoms with E-state index in [0.717, 1.165) is 31.1 Å². The topological polar surface area (TPSA) is 0 Å². The zero-order valence-corrected chi connectivity index (χ0v) is 11.0. The molecule has 3 aliphatic carbocycles. The summed E-state index contributed by atoms with van der Waals surface area (Å²) in [5, 5.41) is 0. The molecule has 1 heteroatoms. The lowest BCUT2D eigenvalue weighted by Crippen LogP contribution is -2.34. The van der Waals surface area contributed by atoms with Gasteiger partial charge in [0.2, 0.25) is 0 Å². The highest BCUT2D eigenvalue weighted by Crippen LogP contribution is 2.50. The summed E-state index contributed by atoms with van der Waals surface area (Å²) in [5.74, 6) is 2.62. The smallest absolute Gasteiger partial charge is 0.111 e. The van der Waals surface area contributed by atoms with Crippen LogP contribution in [0.3, 0.4) is 0 Å².